The van der Waals surface area contributed by atoms with E-state index >= 15 is 0 Å². The molecule has 2 fully saturated rings. The Hall–Kier alpha value is -2.26. The number of aromatic nitrogens is 1. The molecule has 1 aromatic carbocycles. The number of hydrogen-bond donors (Lipinski definition) is 1. The number of halogens is 2. The number of benzene rings is 1. The summed E-state index contributed by atoms with van der Waals surface area (Å²) < 4.78 is 27.5. The molecule has 5 rings (SSSR count). The second-order valence-corrected chi connectivity index (χ2v) is 13.6. The van der Waals surface area contributed by atoms with Gasteiger partial charge in [0.15, 0.2) is 0 Å². The minimum atomic E-state index is -2.61. The van der Waals surface area contributed by atoms with Crippen molar-refractivity contribution in [2.24, 2.45) is 11.7 Å². The third-order valence-corrected chi connectivity index (χ3v) is 10.5. The highest BCUT2D eigenvalue weighted by Gasteiger charge is 2.38. The largest absolute Gasteiger partial charge is 0.330 e. The maximum absolute atomic E-state index is 13.8. The monoisotopic (exact) mass is 609 g/mol. The lowest BCUT2D eigenvalue weighted by atomic mass is 9.80. The zero-order valence-electron chi connectivity index (χ0n) is 26.7. The summed E-state index contributed by atoms with van der Waals surface area (Å²) in [6.45, 7) is 6.73. The van der Waals surface area contributed by atoms with Gasteiger partial charge in [-0.1, -0.05) is 36.4 Å². The van der Waals surface area contributed by atoms with Crippen LogP contribution in [0.1, 0.15) is 93.0 Å². The van der Waals surface area contributed by atoms with E-state index in [1.165, 1.54) is 23.2 Å². The van der Waals surface area contributed by atoms with Crippen molar-refractivity contribution in [2.45, 2.75) is 94.6 Å². The van der Waals surface area contributed by atoms with Crippen LogP contribution in [0, 0.1) is 5.92 Å². The molecule has 3 atom stereocenters. The number of piperazine rings is 1. The minimum Gasteiger partial charge on any atom is -0.330 e. The molecular weight excluding hydrogens is 556 g/mol. The standard InChI is InChI=1S/C36H53F2N5O/c1-41-23-24-42(22-16-31(28-9-3-2-4-10-28)25-34(44)29-14-17-36(37,38)18-15-29)26-32(41)27-43(21-6-5-19-39)33-13-7-11-30-12-8-20-40-35(30)33/h2-4,8-10,12,20,29,31-33H,5-7,11,13-19,21-27,39H2,1H3/t31-,32-,33+/m1/s1. The lowest BCUT2D eigenvalue weighted by Crippen LogP contribution is -2.56. The van der Waals surface area contributed by atoms with Gasteiger partial charge in [-0.05, 0) is 101 Å². The van der Waals surface area contributed by atoms with E-state index in [-0.39, 0.29) is 30.5 Å². The zero-order chi connectivity index (χ0) is 30.9. The van der Waals surface area contributed by atoms with Gasteiger partial charge in [0.1, 0.15) is 5.78 Å². The van der Waals surface area contributed by atoms with Gasteiger partial charge in [0.2, 0.25) is 5.92 Å². The number of unbranched alkanes of at least 4 members (excludes halogenated alkanes) is 1. The van der Waals surface area contributed by atoms with Crippen LogP contribution in [0.25, 0.3) is 0 Å². The van der Waals surface area contributed by atoms with Crippen LogP contribution >= 0.6 is 0 Å². The number of likely N-dealkylation sites (N-methyl/N-ethyl adjacent to an activating group) is 1. The third kappa shape index (κ3) is 8.93. The van der Waals surface area contributed by atoms with Gasteiger partial charge in [-0.3, -0.25) is 19.6 Å². The first kappa shape index (κ1) is 33.1. The van der Waals surface area contributed by atoms with Gasteiger partial charge in [-0.15, -0.1) is 0 Å². The van der Waals surface area contributed by atoms with Crippen LogP contribution in [0.2, 0.25) is 0 Å². The van der Waals surface area contributed by atoms with E-state index in [0.717, 1.165) is 77.9 Å². The van der Waals surface area contributed by atoms with E-state index < -0.39 is 5.92 Å². The summed E-state index contributed by atoms with van der Waals surface area (Å²) in [7, 11) is 2.26. The van der Waals surface area contributed by atoms with Crippen molar-refractivity contribution in [1.29, 1.82) is 0 Å². The zero-order valence-corrected chi connectivity index (χ0v) is 26.7. The molecule has 6 nitrogen and oxygen atoms in total. The molecule has 3 aliphatic rings. The van der Waals surface area contributed by atoms with Crippen molar-refractivity contribution in [3.63, 3.8) is 0 Å². The highest BCUT2D eigenvalue weighted by Crippen LogP contribution is 2.38. The molecular formula is C36H53F2N5O. The van der Waals surface area contributed by atoms with Crippen LogP contribution in [0.15, 0.2) is 48.7 Å². The number of aryl methyl sites for hydroxylation is 1. The molecule has 0 unspecified atom stereocenters. The second-order valence-electron chi connectivity index (χ2n) is 13.6. The van der Waals surface area contributed by atoms with E-state index in [1.54, 1.807) is 0 Å². The number of alkyl halides is 2. The SMILES string of the molecule is CN1CCN(CC[C@H](CC(=O)C2CCC(F)(F)CC2)c2ccccc2)C[C@@H]1CN(CCCCN)[C@H]1CCCc2cccnc21. The van der Waals surface area contributed by atoms with Crippen LogP contribution in [-0.2, 0) is 11.2 Å². The summed E-state index contributed by atoms with van der Waals surface area (Å²) in [5, 5.41) is 0. The van der Waals surface area contributed by atoms with Crippen molar-refractivity contribution < 1.29 is 13.6 Å². The molecule has 1 aliphatic heterocycles. The predicted octanol–water partition coefficient (Wildman–Crippen LogP) is 6.07. The number of nitrogens with zero attached hydrogens (tertiary/aromatic N) is 4. The molecule has 8 heteroatoms. The van der Waals surface area contributed by atoms with Gasteiger partial charge >= 0.3 is 0 Å². The Morgan fingerprint density at radius 2 is 1.89 bits per heavy atom. The van der Waals surface area contributed by atoms with Gasteiger partial charge in [-0.25, -0.2) is 8.78 Å². The van der Waals surface area contributed by atoms with Gasteiger partial charge in [0, 0.05) is 63.6 Å². The average Bonchev–Trinajstić information content (AvgIpc) is 3.04. The smallest absolute Gasteiger partial charge is 0.248 e. The topological polar surface area (TPSA) is 65.7 Å². The van der Waals surface area contributed by atoms with E-state index in [1.807, 2.05) is 24.4 Å². The number of nitrogens with two attached hydrogens (primary N) is 1. The lowest BCUT2D eigenvalue weighted by Gasteiger charge is -2.44. The van der Waals surface area contributed by atoms with Crippen molar-refractivity contribution in [3.8, 4) is 0 Å². The number of rotatable bonds is 14. The summed E-state index contributed by atoms with van der Waals surface area (Å²) in [5.41, 5.74) is 9.72. The number of ketones is 1. The molecule has 2 aliphatic carbocycles. The Morgan fingerprint density at radius 3 is 2.66 bits per heavy atom. The highest BCUT2D eigenvalue weighted by atomic mass is 19.3. The Morgan fingerprint density at radius 1 is 1.09 bits per heavy atom. The van der Waals surface area contributed by atoms with Gasteiger partial charge in [0.25, 0.3) is 0 Å². The molecule has 242 valence electrons. The van der Waals surface area contributed by atoms with E-state index in [2.05, 4.69) is 46.0 Å². The number of carbonyl (C=O) groups excluding carboxylic acids is 1. The fraction of sp³-hybridized carbons (Fsp3) is 0.667. The van der Waals surface area contributed by atoms with Gasteiger partial charge in [-0.2, -0.15) is 0 Å². The highest BCUT2D eigenvalue weighted by molar-refractivity contribution is 5.82. The summed E-state index contributed by atoms with van der Waals surface area (Å²) in [6.07, 6.45) is 9.20. The molecule has 1 saturated heterocycles. The normalized spacial score (nSPS) is 23.8. The Labute approximate surface area is 263 Å². The number of carbonyl (C=O) groups is 1. The molecule has 0 spiro atoms. The first-order valence-corrected chi connectivity index (χ1v) is 17.1. The molecule has 0 radical (unpaired) electrons. The molecule has 2 aromatic rings. The van der Waals surface area contributed by atoms with Crippen LogP contribution in [0.3, 0.4) is 0 Å². The van der Waals surface area contributed by atoms with Crippen molar-refractivity contribution in [2.75, 3.05) is 52.9 Å². The minimum absolute atomic E-state index is 0.113. The quantitative estimate of drug-likeness (QED) is 0.262. The summed E-state index contributed by atoms with van der Waals surface area (Å²) >= 11 is 0. The summed E-state index contributed by atoms with van der Waals surface area (Å²) in [6, 6.07) is 15.4. The molecule has 1 saturated carbocycles. The third-order valence-electron chi connectivity index (χ3n) is 10.5. The summed E-state index contributed by atoms with van der Waals surface area (Å²) in [5.74, 6) is -2.55. The maximum Gasteiger partial charge on any atom is 0.248 e. The van der Waals surface area contributed by atoms with Gasteiger partial charge < -0.3 is 10.6 Å². The molecule has 0 amide bonds. The average molecular weight is 610 g/mol. The van der Waals surface area contributed by atoms with Crippen LogP contribution in [0.5, 0.6) is 0 Å². The lowest BCUT2D eigenvalue weighted by molar-refractivity contribution is -0.127. The second kappa shape index (κ2) is 15.8. The fourth-order valence-corrected chi connectivity index (χ4v) is 7.68. The Kier molecular flexibility index (Phi) is 11.9. The first-order chi connectivity index (χ1) is 21.3. The molecule has 44 heavy (non-hydrogen) atoms. The Bertz CT molecular complexity index is 1170. The molecule has 2 N–H and O–H groups in total. The van der Waals surface area contributed by atoms with Crippen molar-refractivity contribution >= 4 is 5.78 Å². The number of hydrogen-bond acceptors (Lipinski definition) is 6. The number of pyridine rings is 1. The van der Waals surface area contributed by atoms with E-state index in [4.69, 9.17) is 10.7 Å². The number of fused-ring (bicyclic) bond motifs is 1. The number of Topliss-reactive ketones (excluding diaryl/α,β-unsaturated/α-hetero) is 1. The molecule has 1 aromatic heterocycles. The van der Waals surface area contributed by atoms with Gasteiger partial charge in [0.05, 0.1) is 11.7 Å². The van der Waals surface area contributed by atoms with E-state index in [9.17, 15) is 13.6 Å². The predicted molar refractivity (Wildman–Crippen MR) is 173 cm³/mol. The van der Waals surface area contributed by atoms with Crippen molar-refractivity contribution in [1.82, 2.24) is 19.7 Å². The fourth-order valence-electron chi connectivity index (χ4n) is 7.68. The molecule has 0 bridgehead atoms. The Balaban J connectivity index is 1.22. The summed E-state index contributed by atoms with van der Waals surface area (Å²) in [4.78, 5) is 26.0. The van der Waals surface area contributed by atoms with Crippen molar-refractivity contribution in [3.05, 3.63) is 65.5 Å². The molecule has 2 heterocycles. The van der Waals surface area contributed by atoms with Crippen LogP contribution in [0.4, 0.5) is 8.78 Å². The van der Waals surface area contributed by atoms with E-state index in [0.29, 0.717) is 31.3 Å². The first-order valence-electron chi connectivity index (χ1n) is 17.1. The maximum atomic E-state index is 13.8. The van der Waals surface area contributed by atoms with Crippen LogP contribution < -0.4 is 5.73 Å². The van der Waals surface area contributed by atoms with Crippen LogP contribution in [-0.4, -0.2) is 90.3 Å².